The number of nitrogens with one attached hydrogen (secondary N) is 1. The van der Waals surface area contributed by atoms with Crippen LogP contribution in [-0.4, -0.2) is 17.1 Å². The van der Waals surface area contributed by atoms with E-state index in [9.17, 15) is 14.3 Å². The number of hydrogen-bond donors (Lipinski definition) is 2. The molecule has 1 fully saturated rings. The van der Waals surface area contributed by atoms with E-state index in [1.54, 1.807) is 0 Å². The van der Waals surface area contributed by atoms with E-state index < -0.39 is 11.7 Å². The van der Waals surface area contributed by atoms with Crippen LogP contribution in [0.25, 0.3) is 0 Å². The predicted octanol–water partition coefficient (Wildman–Crippen LogP) is 2.06. The minimum atomic E-state index is -0.689. The van der Waals surface area contributed by atoms with Gasteiger partial charge in [-0.25, -0.2) is 4.39 Å². The second-order valence-corrected chi connectivity index (χ2v) is 4.12. The molecule has 86 valence electrons. The van der Waals surface area contributed by atoms with Crippen LogP contribution in [-0.2, 0) is 0 Å². The maximum absolute atomic E-state index is 13.3. The summed E-state index contributed by atoms with van der Waals surface area (Å²) in [6.07, 6.45) is 1.95. The quantitative estimate of drug-likeness (QED) is 0.824. The summed E-state index contributed by atoms with van der Waals surface area (Å²) in [6, 6.07) is 3.98. The molecule has 1 aromatic carbocycles. The summed E-state index contributed by atoms with van der Waals surface area (Å²) < 4.78 is 13.3. The lowest BCUT2D eigenvalue weighted by Gasteiger charge is -2.06. The molecule has 0 spiro atoms. The minimum absolute atomic E-state index is 0.136. The molecule has 0 saturated heterocycles. The molecule has 16 heavy (non-hydrogen) atoms. The third-order valence-electron chi connectivity index (χ3n) is 2.98. The zero-order valence-electron chi connectivity index (χ0n) is 9.03. The molecule has 0 aromatic heterocycles. The zero-order valence-corrected chi connectivity index (χ0v) is 9.03. The molecule has 2 unspecified atom stereocenters. The Morgan fingerprint density at radius 2 is 2.38 bits per heavy atom. The number of carbonyl (C=O) groups is 1. The number of aromatic hydroxyl groups is 1. The molecule has 2 N–H and O–H groups in total. The predicted molar refractivity (Wildman–Crippen MR) is 57.7 cm³/mol. The first-order chi connectivity index (χ1) is 7.63. The van der Waals surface area contributed by atoms with E-state index in [2.05, 4.69) is 12.2 Å². The number of amides is 1. The molecular weight excluding hydrogens is 209 g/mol. The molecule has 4 heteroatoms. The fraction of sp³-hybridized carbons (Fsp3) is 0.417. The number of benzene rings is 1. The molecule has 3 nitrogen and oxygen atoms in total. The zero-order chi connectivity index (χ0) is 11.7. The van der Waals surface area contributed by atoms with E-state index in [1.165, 1.54) is 18.2 Å². The summed E-state index contributed by atoms with van der Waals surface area (Å²) in [5.74, 6) is -1.04. The Morgan fingerprint density at radius 3 is 2.94 bits per heavy atom. The lowest BCUT2D eigenvalue weighted by molar-refractivity contribution is 0.0942. The van der Waals surface area contributed by atoms with Gasteiger partial charge in [0, 0.05) is 6.04 Å². The van der Waals surface area contributed by atoms with Gasteiger partial charge in [-0.15, -0.1) is 0 Å². The first kappa shape index (κ1) is 10.9. The van der Waals surface area contributed by atoms with Crippen LogP contribution >= 0.6 is 0 Å². The highest BCUT2D eigenvalue weighted by Gasteiger charge is 2.37. The van der Waals surface area contributed by atoms with Gasteiger partial charge in [0.2, 0.25) is 0 Å². The second-order valence-electron chi connectivity index (χ2n) is 4.12. The van der Waals surface area contributed by atoms with Gasteiger partial charge in [0.05, 0.1) is 0 Å². The smallest absolute Gasteiger partial charge is 0.258 e. The van der Waals surface area contributed by atoms with Gasteiger partial charge < -0.3 is 10.4 Å². The van der Waals surface area contributed by atoms with E-state index >= 15 is 0 Å². The number of phenolic OH excluding ortho intramolecular Hbond substituents is 1. The third-order valence-corrected chi connectivity index (χ3v) is 2.98. The van der Waals surface area contributed by atoms with Crippen LogP contribution in [0.5, 0.6) is 5.75 Å². The molecule has 1 saturated carbocycles. The standard InChI is InChI=1S/C12H14FNO2/c1-2-7-6-9(7)14-12(16)11-8(13)4-3-5-10(11)15/h3-5,7,9,15H,2,6H2,1H3,(H,14,16). The van der Waals surface area contributed by atoms with Gasteiger partial charge in [0.25, 0.3) is 5.91 Å². The molecular formula is C12H14FNO2. The van der Waals surface area contributed by atoms with Crippen molar-refractivity contribution in [3.05, 3.63) is 29.6 Å². The summed E-state index contributed by atoms with van der Waals surface area (Å²) in [5, 5.41) is 12.1. The van der Waals surface area contributed by atoms with Crippen molar-refractivity contribution in [2.75, 3.05) is 0 Å². The van der Waals surface area contributed by atoms with Crippen LogP contribution in [0.15, 0.2) is 18.2 Å². The monoisotopic (exact) mass is 223 g/mol. The van der Waals surface area contributed by atoms with Crippen molar-refractivity contribution >= 4 is 5.91 Å². The van der Waals surface area contributed by atoms with Gasteiger partial charge in [0.15, 0.2) is 0 Å². The Balaban J connectivity index is 2.09. The maximum Gasteiger partial charge on any atom is 0.258 e. The Morgan fingerprint density at radius 1 is 1.62 bits per heavy atom. The molecule has 0 heterocycles. The largest absolute Gasteiger partial charge is 0.507 e. The molecule has 0 aliphatic heterocycles. The lowest BCUT2D eigenvalue weighted by atomic mass is 10.1. The molecule has 0 bridgehead atoms. The minimum Gasteiger partial charge on any atom is -0.507 e. The van der Waals surface area contributed by atoms with E-state index in [4.69, 9.17) is 0 Å². The van der Waals surface area contributed by atoms with Crippen LogP contribution in [0.4, 0.5) is 4.39 Å². The van der Waals surface area contributed by atoms with Crippen molar-refractivity contribution in [3.63, 3.8) is 0 Å². The van der Waals surface area contributed by atoms with E-state index in [0.717, 1.165) is 12.8 Å². The molecule has 1 aromatic rings. The number of phenols is 1. The van der Waals surface area contributed by atoms with Gasteiger partial charge in [-0.2, -0.15) is 0 Å². The Bertz CT molecular complexity index is 399. The number of rotatable bonds is 3. The van der Waals surface area contributed by atoms with Crippen molar-refractivity contribution in [1.29, 1.82) is 0 Å². The van der Waals surface area contributed by atoms with Gasteiger partial charge in [-0.05, 0) is 24.5 Å². The summed E-state index contributed by atoms with van der Waals surface area (Å²) in [4.78, 5) is 11.7. The van der Waals surface area contributed by atoms with Crippen molar-refractivity contribution in [2.45, 2.75) is 25.8 Å². The molecule has 2 rings (SSSR count). The van der Waals surface area contributed by atoms with Crippen LogP contribution in [0.2, 0.25) is 0 Å². The summed E-state index contributed by atoms with van der Waals surface area (Å²) >= 11 is 0. The summed E-state index contributed by atoms with van der Waals surface area (Å²) in [6.45, 7) is 2.05. The third kappa shape index (κ3) is 2.01. The maximum atomic E-state index is 13.3. The SMILES string of the molecule is CCC1CC1NC(=O)c1c(O)cccc1F. The molecule has 1 amide bonds. The molecule has 0 radical (unpaired) electrons. The van der Waals surface area contributed by atoms with Gasteiger partial charge >= 0.3 is 0 Å². The number of carbonyl (C=O) groups excluding carboxylic acids is 1. The number of halogens is 1. The summed E-state index contributed by atoms with van der Waals surface area (Å²) in [7, 11) is 0. The van der Waals surface area contributed by atoms with Crippen molar-refractivity contribution in [1.82, 2.24) is 5.32 Å². The highest BCUT2D eigenvalue weighted by atomic mass is 19.1. The van der Waals surface area contributed by atoms with Crippen LogP contribution in [0.3, 0.4) is 0 Å². The van der Waals surface area contributed by atoms with E-state index in [1.807, 2.05) is 0 Å². The Hall–Kier alpha value is -1.58. The van der Waals surface area contributed by atoms with Gasteiger partial charge in [0.1, 0.15) is 17.1 Å². The van der Waals surface area contributed by atoms with Crippen LogP contribution in [0, 0.1) is 11.7 Å². The van der Waals surface area contributed by atoms with Crippen LogP contribution in [0.1, 0.15) is 30.1 Å². The van der Waals surface area contributed by atoms with Crippen molar-refractivity contribution in [3.8, 4) is 5.75 Å². The van der Waals surface area contributed by atoms with E-state index in [0.29, 0.717) is 5.92 Å². The van der Waals surface area contributed by atoms with Gasteiger partial charge in [-0.3, -0.25) is 4.79 Å². The van der Waals surface area contributed by atoms with Crippen molar-refractivity contribution in [2.24, 2.45) is 5.92 Å². The van der Waals surface area contributed by atoms with Crippen molar-refractivity contribution < 1.29 is 14.3 Å². The highest BCUT2D eigenvalue weighted by Crippen LogP contribution is 2.33. The average Bonchev–Trinajstić information content (AvgIpc) is 2.96. The normalized spacial score (nSPS) is 22.9. The first-order valence-corrected chi connectivity index (χ1v) is 5.41. The lowest BCUT2D eigenvalue weighted by Crippen LogP contribution is -2.27. The van der Waals surface area contributed by atoms with Gasteiger partial charge in [-0.1, -0.05) is 19.4 Å². The van der Waals surface area contributed by atoms with E-state index in [-0.39, 0.29) is 17.4 Å². The Kier molecular flexibility index (Phi) is 2.81. The molecule has 1 aliphatic rings. The average molecular weight is 223 g/mol. The first-order valence-electron chi connectivity index (χ1n) is 5.41. The molecule has 1 aliphatic carbocycles. The topological polar surface area (TPSA) is 49.3 Å². The summed E-state index contributed by atoms with van der Waals surface area (Å²) in [5.41, 5.74) is -0.260. The molecule has 2 atom stereocenters. The fourth-order valence-electron chi connectivity index (χ4n) is 1.85. The fourth-order valence-corrected chi connectivity index (χ4v) is 1.85. The number of hydrogen-bond acceptors (Lipinski definition) is 2. The second kappa shape index (κ2) is 4.12. The van der Waals surface area contributed by atoms with Crippen LogP contribution < -0.4 is 5.32 Å². The Labute approximate surface area is 93.3 Å². The highest BCUT2D eigenvalue weighted by molar-refractivity contribution is 5.97.